The van der Waals surface area contributed by atoms with Gasteiger partial charge in [-0.25, -0.2) is 13.1 Å². The van der Waals surface area contributed by atoms with E-state index in [1.54, 1.807) is 0 Å². The zero-order chi connectivity index (χ0) is 12.3. The lowest BCUT2D eigenvalue weighted by Crippen LogP contribution is -2.38. The molecule has 1 saturated heterocycles. The SMILES string of the molecule is C[C@@H]1CCC[C@H]1NS(=O)(=O)CC[C@H]1CCCO1. The normalized spacial score (nSPS) is 34.3. The molecule has 0 aromatic heterocycles. The van der Waals surface area contributed by atoms with Crippen LogP contribution < -0.4 is 4.72 Å². The molecule has 0 bridgehead atoms. The second-order valence-corrected chi connectivity index (χ2v) is 7.25. The van der Waals surface area contributed by atoms with Gasteiger partial charge >= 0.3 is 0 Å². The summed E-state index contributed by atoms with van der Waals surface area (Å²) in [5.74, 6) is 0.688. The first kappa shape index (κ1) is 13.3. The van der Waals surface area contributed by atoms with Crippen LogP contribution in [0, 0.1) is 5.92 Å². The lowest BCUT2D eigenvalue weighted by atomic mass is 10.1. The molecule has 1 aliphatic heterocycles. The Morgan fingerprint density at radius 2 is 2.06 bits per heavy atom. The third-order valence-corrected chi connectivity index (χ3v) is 5.36. The van der Waals surface area contributed by atoms with Crippen molar-refractivity contribution in [3.63, 3.8) is 0 Å². The molecule has 2 rings (SSSR count). The van der Waals surface area contributed by atoms with Crippen LogP contribution in [0.15, 0.2) is 0 Å². The highest BCUT2D eigenvalue weighted by atomic mass is 32.2. The molecule has 0 unspecified atom stereocenters. The first-order valence-corrected chi connectivity index (χ1v) is 8.34. The average molecular weight is 261 g/mol. The predicted molar refractivity (Wildman–Crippen MR) is 67.3 cm³/mol. The molecule has 5 heteroatoms. The zero-order valence-corrected chi connectivity index (χ0v) is 11.3. The standard InChI is InChI=1S/C12H23NO3S/c1-10-4-2-6-12(10)13-17(14,15)9-7-11-5-3-8-16-11/h10-13H,2-9H2,1H3/t10-,11-,12-/m1/s1. The summed E-state index contributed by atoms with van der Waals surface area (Å²) in [5, 5.41) is 0. The molecule has 1 saturated carbocycles. The van der Waals surface area contributed by atoms with E-state index < -0.39 is 10.0 Å². The van der Waals surface area contributed by atoms with Crippen molar-refractivity contribution in [2.24, 2.45) is 5.92 Å². The van der Waals surface area contributed by atoms with E-state index in [4.69, 9.17) is 4.74 Å². The van der Waals surface area contributed by atoms with E-state index in [1.165, 1.54) is 0 Å². The van der Waals surface area contributed by atoms with Gasteiger partial charge in [-0.1, -0.05) is 13.3 Å². The van der Waals surface area contributed by atoms with E-state index in [9.17, 15) is 8.42 Å². The third kappa shape index (κ3) is 3.93. The molecule has 2 aliphatic rings. The van der Waals surface area contributed by atoms with Crippen LogP contribution in [-0.2, 0) is 14.8 Å². The summed E-state index contributed by atoms with van der Waals surface area (Å²) in [6, 6.07) is 0.157. The number of hydrogen-bond donors (Lipinski definition) is 1. The number of rotatable bonds is 5. The van der Waals surface area contributed by atoms with Crippen molar-refractivity contribution in [2.45, 2.75) is 57.6 Å². The molecular formula is C12H23NO3S. The van der Waals surface area contributed by atoms with Crippen LogP contribution in [0.3, 0.4) is 0 Å². The largest absolute Gasteiger partial charge is 0.378 e. The maximum Gasteiger partial charge on any atom is 0.211 e. The lowest BCUT2D eigenvalue weighted by Gasteiger charge is -2.18. The van der Waals surface area contributed by atoms with Crippen LogP contribution in [0.4, 0.5) is 0 Å². The van der Waals surface area contributed by atoms with Gasteiger partial charge in [0, 0.05) is 12.6 Å². The molecule has 0 amide bonds. The molecule has 3 atom stereocenters. The summed E-state index contributed by atoms with van der Waals surface area (Å²) in [5.41, 5.74) is 0. The molecular weight excluding hydrogens is 238 g/mol. The van der Waals surface area contributed by atoms with Gasteiger partial charge in [-0.05, 0) is 38.0 Å². The minimum absolute atomic E-state index is 0.157. The van der Waals surface area contributed by atoms with Crippen molar-refractivity contribution >= 4 is 10.0 Å². The quantitative estimate of drug-likeness (QED) is 0.819. The van der Waals surface area contributed by atoms with Crippen LogP contribution in [0.2, 0.25) is 0 Å². The second-order valence-electron chi connectivity index (χ2n) is 5.38. The summed E-state index contributed by atoms with van der Waals surface area (Å²) in [6.07, 6.45) is 6.13. The summed E-state index contributed by atoms with van der Waals surface area (Å²) in [4.78, 5) is 0. The Kier molecular flexibility index (Phi) is 4.44. The van der Waals surface area contributed by atoms with Gasteiger partial charge in [0.2, 0.25) is 10.0 Å². The van der Waals surface area contributed by atoms with Crippen molar-refractivity contribution in [3.05, 3.63) is 0 Å². The topological polar surface area (TPSA) is 55.4 Å². The number of nitrogens with one attached hydrogen (secondary N) is 1. The van der Waals surface area contributed by atoms with Crippen LogP contribution in [0.1, 0.15) is 45.4 Å². The Hall–Kier alpha value is -0.130. The van der Waals surface area contributed by atoms with Crippen LogP contribution in [0.5, 0.6) is 0 Å². The molecule has 2 fully saturated rings. The van der Waals surface area contributed by atoms with Gasteiger partial charge < -0.3 is 4.74 Å². The van der Waals surface area contributed by atoms with E-state index in [0.717, 1.165) is 38.7 Å². The van der Waals surface area contributed by atoms with Crippen LogP contribution >= 0.6 is 0 Å². The number of hydrogen-bond acceptors (Lipinski definition) is 3. The fourth-order valence-electron chi connectivity index (χ4n) is 2.77. The Labute approximate surface area is 104 Å². The highest BCUT2D eigenvalue weighted by molar-refractivity contribution is 7.89. The van der Waals surface area contributed by atoms with Gasteiger partial charge in [-0.2, -0.15) is 0 Å². The van der Waals surface area contributed by atoms with Crippen molar-refractivity contribution < 1.29 is 13.2 Å². The molecule has 17 heavy (non-hydrogen) atoms. The predicted octanol–water partition coefficient (Wildman–Crippen LogP) is 1.66. The smallest absolute Gasteiger partial charge is 0.211 e. The third-order valence-electron chi connectivity index (χ3n) is 3.92. The van der Waals surface area contributed by atoms with E-state index in [2.05, 4.69) is 11.6 Å². The fraction of sp³-hybridized carbons (Fsp3) is 1.00. The zero-order valence-electron chi connectivity index (χ0n) is 10.5. The van der Waals surface area contributed by atoms with E-state index in [0.29, 0.717) is 12.3 Å². The van der Waals surface area contributed by atoms with E-state index in [1.807, 2.05) is 0 Å². The van der Waals surface area contributed by atoms with E-state index >= 15 is 0 Å². The van der Waals surface area contributed by atoms with Gasteiger partial charge in [-0.15, -0.1) is 0 Å². The molecule has 4 nitrogen and oxygen atoms in total. The monoisotopic (exact) mass is 261 g/mol. The first-order chi connectivity index (χ1) is 8.07. The molecule has 1 aliphatic carbocycles. The highest BCUT2D eigenvalue weighted by Gasteiger charge is 2.28. The summed E-state index contributed by atoms with van der Waals surface area (Å²) in [6.45, 7) is 2.91. The lowest BCUT2D eigenvalue weighted by molar-refractivity contribution is 0.108. The Morgan fingerprint density at radius 1 is 1.24 bits per heavy atom. The minimum atomic E-state index is -3.12. The average Bonchev–Trinajstić information content (AvgIpc) is 2.88. The van der Waals surface area contributed by atoms with Crippen LogP contribution in [-0.4, -0.2) is 32.9 Å². The Balaban J connectivity index is 1.77. The van der Waals surface area contributed by atoms with E-state index in [-0.39, 0.29) is 17.9 Å². The second kappa shape index (κ2) is 5.67. The fourth-order valence-corrected chi connectivity index (χ4v) is 4.27. The Morgan fingerprint density at radius 3 is 2.65 bits per heavy atom. The van der Waals surface area contributed by atoms with Gasteiger partial charge in [0.05, 0.1) is 11.9 Å². The minimum Gasteiger partial charge on any atom is -0.378 e. The summed E-state index contributed by atoms with van der Waals surface area (Å²) < 4.78 is 32.1. The van der Waals surface area contributed by atoms with Crippen molar-refractivity contribution in [3.8, 4) is 0 Å². The molecule has 0 aromatic rings. The maximum atomic E-state index is 11.9. The molecule has 0 aromatic carbocycles. The molecule has 0 radical (unpaired) electrons. The summed E-state index contributed by atoms with van der Waals surface area (Å²) in [7, 11) is -3.12. The van der Waals surface area contributed by atoms with Crippen molar-refractivity contribution in [1.29, 1.82) is 0 Å². The highest BCUT2D eigenvalue weighted by Crippen LogP contribution is 2.25. The maximum absolute atomic E-state index is 11.9. The molecule has 1 heterocycles. The van der Waals surface area contributed by atoms with Crippen LogP contribution in [0.25, 0.3) is 0 Å². The number of ether oxygens (including phenoxy) is 1. The molecule has 1 N–H and O–H groups in total. The van der Waals surface area contributed by atoms with Crippen molar-refractivity contribution in [1.82, 2.24) is 4.72 Å². The first-order valence-electron chi connectivity index (χ1n) is 6.68. The van der Waals surface area contributed by atoms with Gasteiger partial charge in [-0.3, -0.25) is 0 Å². The summed E-state index contributed by atoms with van der Waals surface area (Å²) >= 11 is 0. The molecule has 100 valence electrons. The van der Waals surface area contributed by atoms with Crippen molar-refractivity contribution in [2.75, 3.05) is 12.4 Å². The van der Waals surface area contributed by atoms with Gasteiger partial charge in [0.1, 0.15) is 0 Å². The Bertz CT molecular complexity index is 336. The van der Waals surface area contributed by atoms with Gasteiger partial charge in [0.25, 0.3) is 0 Å². The number of sulfonamides is 1. The van der Waals surface area contributed by atoms with Gasteiger partial charge in [0.15, 0.2) is 0 Å². The molecule has 0 spiro atoms.